The molecule has 15 nitrogen and oxygen atoms in total. The molecule has 0 fully saturated rings. The van der Waals surface area contributed by atoms with E-state index in [1.807, 2.05) is 0 Å². The van der Waals surface area contributed by atoms with E-state index in [0.29, 0.717) is 56.8 Å². The molecular formula is C23H31N7O8S. The molecule has 16 heteroatoms. The zero-order valence-electron chi connectivity index (χ0n) is 21.5. The Labute approximate surface area is 225 Å². The number of nitrogens with zero attached hydrogens (tertiary/aromatic N) is 5. The molecule has 0 atom stereocenters. The summed E-state index contributed by atoms with van der Waals surface area (Å²) in [6, 6.07) is 0. The first-order valence-electron chi connectivity index (χ1n) is 11.9. The second kappa shape index (κ2) is 16.8. The van der Waals surface area contributed by atoms with Crippen molar-refractivity contribution in [3.8, 4) is 11.8 Å². The molecule has 0 unspecified atom stereocenters. The molecule has 3 N–H and O–H groups in total. The lowest BCUT2D eigenvalue weighted by atomic mass is 10.2. The number of carboxylic acids is 1. The van der Waals surface area contributed by atoms with E-state index in [4.69, 9.17) is 9.84 Å². The van der Waals surface area contributed by atoms with Gasteiger partial charge in [0.15, 0.2) is 0 Å². The summed E-state index contributed by atoms with van der Waals surface area (Å²) in [5, 5.41) is 21.5. The first-order chi connectivity index (χ1) is 18.6. The van der Waals surface area contributed by atoms with Crippen LogP contribution in [0, 0.1) is 11.8 Å². The zero-order chi connectivity index (χ0) is 28.5. The van der Waals surface area contributed by atoms with E-state index in [1.165, 1.54) is 12.4 Å². The number of rotatable bonds is 17. The zero-order valence-corrected chi connectivity index (χ0v) is 22.3. The number of sulfone groups is 1. The molecule has 0 bridgehead atoms. The molecule has 2 aromatic heterocycles. The van der Waals surface area contributed by atoms with Gasteiger partial charge in [-0.2, -0.15) is 0 Å². The van der Waals surface area contributed by atoms with Crippen LogP contribution >= 0.6 is 0 Å². The molecule has 0 saturated heterocycles. The van der Waals surface area contributed by atoms with Gasteiger partial charge in [-0.15, -0.1) is 5.10 Å². The van der Waals surface area contributed by atoms with Gasteiger partial charge in [-0.25, -0.2) is 27.9 Å². The Bertz CT molecular complexity index is 1250. The van der Waals surface area contributed by atoms with Crippen LogP contribution in [-0.4, -0.2) is 95.5 Å². The predicted molar refractivity (Wildman–Crippen MR) is 135 cm³/mol. The third-order valence-electron chi connectivity index (χ3n) is 4.66. The average Bonchev–Trinajstić information content (AvgIpc) is 3.34. The van der Waals surface area contributed by atoms with Crippen molar-refractivity contribution < 1.29 is 37.4 Å². The first kappa shape index (κ1) is 31.3. The van der Waals surface area contributed by atoms with Gasteiger partial charge in [-0.1, -0.05) is 17.1 Å². The Morgan fingerprint density at radius 1 is 1.05 bits per heavy atom. The molecule has 0 saturated carbocycles. The van der Waals surface area contributed by atoms with Gasteiger partial charge >= 0.3 is 5.97 Å². The van der Waals surface area contributed by atoms with Gasteiger partial charge in [-0.05, 0) is 12.8 Å². The molecule has 0 aliphatic heterocycles. The lowest BCUT2D eigenvalue weighted by molar-refractivity contribution is -0.143. The molecule has 2 aromatic rings. The van der Waals surface area contributed by atoms with Crippen molar-refractivity contribution >= 4 is 27.6 Å². The molecule has 2 rings (SSSR count). The molecule has 2 amide bonds. The minimum Gasteiger partial charge on any atom is -0.480 e. The highest BCUT2D eigenvalue weighted by atomic mass is 32.2. The Morgan fingerprint density at radius 3 is 2.54 bits per heavy atom. The monoisotopic (exact) mass is 565 g/mol. The van der Waals surface area contributed by atoms with Crippen LogP contribution in [0.25, 0.3) is 0 Å². The number of hydrogen-bond acceptors (Lipinski definition) is 11. The molecule has 39 heavy (non-hydrogen) atoms. The number of ether oxygens (including phenoxy) is 2. The van der Waals surface area contributed by atoms with Crippen molar-refractivity contribution in [3.05, 3.63) is 29.8 Å². The van der Waals surface area contributed by atoms with Gasteiger partial charge in [0, 0.05) is 44.6 Å². The van der Waals surface area contributed by atoms with Gasteiger partial charge < -0.3 is 25.2 Å². The van der Waals surface area contributed by atoms with E-state index in [1.54, 1.807) is 10.9 Å². The Morgan fingerprint density at radius 2 is 1.82 bits per heavy atom. The predicted octanol–water partition coefficient (Wildman–Crippen LogP) is -1.07. The molecule has 2 heterocycles. The highest BCUT2D eigenvalue weighted by Gasteiger charge is 2.09. The quantitative estimate of drug-likeness (QED) is 0.119. The summed E-state index contributed by atoms with van der Waals surface area (Å²) in [7, 11) is -3.45. The maximum absolute atomic E-state index is 12.0. The topological polar surface area (TPSA) is 205 Å². The van der Waals surface area contributed by atoms with E-state index in [2.05, 4.69) is 47.5 Å². The van der Waals surface area contributed by atoms with E-state index in [9.17, 15) is 22.8 Å². The Kier molecular flexibility index (Phi) is 13.5. The fourth-order valence-corrected chi connectivity index (χ4v) is 3.31. The number of nitrogens with one attached hydrogen (secondary N) is 2. The van der Waals surface area contributed by atoms with Crippen LogP contribution in [0.4, 0.5) is 0 Å². The standard InChI is InChI=1S/C23H31N7O8S/c1-39(35,36)23-26-12-18(13-27-23)6-3-2-4-7-20(31)25-14-19-15-30(29-28-19)9-11-37-10-5-8-24-21(32)16-38-17-22(33)34/h12-13,15H,2,4-5,7-11,14,16-17H2,1H3,(H,24,32)(H,25,31)(H,33,34). The van der Waals surface area contributed by atoms with Gasteiger partial charge in [-0.3, -0.25) is 9.59 Å². The largest absolute Gasteiger partial charge is 0.480 e. The van der Waals surface area contributed by atoms with Crippen molar-refractivity contribution in [1.82, 2.24) is 35.6 Å². The molecule has 212 valence electrons. The minimum atomic E-state index is -3.45. The summed E-state index contributed by atoms with van der Waals surface area (Å²) in [6.45, 7) is 1.07. The molecule has 0 aromatic carbocycles. The SMILES string of the molecule is CS(=O)(=O)c1ncc(C#CCCCC(=O)NCc2cn(CCOCCCNC(=O)COCC(=O)O)nn2)cn1. The second-order valence-corrected chi connectivity index (χ2v) is 10.0. The highest BCUT2D eigenvalue weighted by molar-refractivity contribution is 7.90. The number of carbonyl (C=O) groups excluding carboxylic acids is 2. The van der Waals surface area contributed by atoms with Crippen molar-refractivity contribution in [2.75, 3.05) is 39.2 Å². The number of carboxylic acid groups (broad SMARTS) is 1. The van der Waals surface area contributed by atoms with E-state index < -0.39 is 22.4 Å². The van der Waals surface area contributed by atoms with Crippen LogP contribution in [0.3, 0.4) is 0 Å². The molecule has 0 spiro atoms. The minimum absolute atomic E-state index is 0.143. The van der Waals surface area contributed by atoms with Crippen molar-refractivity contribution in [1.29, 1.82) is 0 Å². The van der Waals surface area contributed by atoms with Gasteiger partial charge in [0.25, 0.3) is 0 Å². The Balaban J connectivity index is 1.51. The summed E-state index contributed by atoms with van der Waals surface area (Å²) >= 11 is 0. The lowest BCUT2D eigenvalue weighted by Crippen LogP contribution is -2.30. The van der Waals surface area contributed by atoms with E-state index in [0.717, 1.165) is 6.26 Å². The number of unbranched alkanes of at least 4 members (excludes halogenated alkanes) is 1. The van der Waals surface area contributed by atoms with Gasteiger partial charge in [0.2, 0.25) is 26.8 Å². The molecule has 0 radical (unpaired) electrons. The van der Waals surface area contributed by atoms with Crippen LogP contribution in [-0.2, 0) is 46.8 Å². The van der Waals surface area contributed by atoms with Crippen LogP contribution in [0.5, 0.6) is 0 Å². The van der Waals surface area contributed by atoms with Crippen molar-refractivity contribution in [2.24, 2.45) is 0 Å². The number of amides is 2. The second-order valence-electron chi connectivity index (χ2n) is 8.13. The summed E-state index contributed by atoms with van der Waals surface area (Å²) < 4.78 is 34.5. The van der Waals surface area contributed by atoms with Crippen LogP contribution in [0.15, 0.2) is 23.7 Å². The summed E-state index contributed by atoms with van der Waals surface area (Å²) in [4.78, 5) is 41.3. The first-order valence-corrected chi connectivity index (χ1v) is 13.8. The lowest BCUT2D eigenvalue weighted by Gasteiger charge is -2.06. The fourth-order valence-electron chi connectivity index (χ4n) is 2.82. The van der Waals surface area contributed by atoms with Crippen LogP contribution < -0.4 is 10.6 Å². The van der Waals surface area contributed by atoms with Crippen molar-refractivity contribution in [3.63, 3.8) is 0 Å². The summed E-state index contributed by atoms with van der Waals surface area (Å²) in [5.41, 5.74) is 1.10. The average molecular weight is 566 g/mol. The van der Waals surface area contributed by atoms with Gasteiger partial charge in [0.1, 0.15) is 18.9 Å². The number of hydrogen-bond donors (Lipinski definition) is 3. The maximum atomic E-state index is 12.0. The summed E-state index contributed by atoms with van der Waals surface area (Å²) in [5.74, 6) is 4.07. The molecule has 0 aliphatic carbocycles. The third kappa shape index (κ3) is 14.0. The number of aliphatic carboxylic acids is 1. The molecule has 0 aliphatic rings. The maximum Gasteiger partial charge on any atom is 0.329 e. The number of carbonyl (C=O) groups is 3. The van der Waals surface area contributed by atoms with Gasteiger partial charge in [0.05, 0.1) is 31.5 Å². The van der Waals surface area contributed by atoms with E-state index in [-0.39, 0.29) is 36.5 Å². The smallest absolute Gasteiger partial charge is 0.329 e. The van der Waals surface area contributed by atoms with Crippen molar-refractivity contribution in [2.45, 2.75) is 43.9 Å². The Hall–Kier alpha value is -3.94. The normalized spacial score (nSPS) is 10.9. The molecular weight excluding hydrogens is 534 g/mol. The van der Waals surface area contributed by atoms with E-state index >= 15 is 0 Å². The fraction of sp³-hybridized carbons (Fsp3) is 0.522. The summed E-state index contributed by atoms with van der Waals surface area (Å²) in [6.07, 6.45) is 7.32. The van der Waals surface area contributed by atoms with Crippen LogP contribution in [0.2, 0.25) is 0 Å². The highest BCUT2D eigenvalue weighted by Crippen LogP contribution is 2.02. The number of aromatic nitrogens is 5. The van der Waals surface area contributed by atoms with Crippen LogP contribution in [0.1, 0.15) is 36.9 Å². The third-order valence-corrected chi connectivity index (χ3v) is 5.54.